The number of hydrogen-bond acceptors (Lipinski definition) is 3. The average Bonchev–Trinajstić information content (AvgIpc) is 2.50. The van der Waals surface area contributed by atoms with E-state index in [1.165, 1.54) is 0 Å². The van der Waals surface area contributed by atoms with Gasteiger partial charge in [0.2, 0.25) is 5.91 Å². The van der Waals surface area contributed by atoms with Crippen LogP contribution in [0.5, 0.6) is 0 Å². The molecule has 1 atom stereocenters. The minimum absolute atomic E-state index is 0.0251. The second-order valence-electron chi connectivity index (χ2n) is 5.24. The molecule has 1 amide bonds. The van der Waals surface area contributed by atoms with Gasteiger partial charge in [0.1, 0.15) is 5.54 Å². The topological polar surface area (TPSA) is 69.6 Å². The molecule has 0 saturated heterocycles. The van der Waals surface area contributed by atoms with E-state index in [9.17, 15) is 14.7 Å². The molecule has 1 aromatic rings. The van der Waals surface area contributed by atoms with Crippen molar-refractivity contribution in [2.45, 2.75) is 39.3 Å². The zero-order chi connectivity index (χ0) is 15.9. The Morgan fingerprint density at radius 1 is 1.24 bits per heavy atom. The minimum Gasteiger partial charge on any atom is -0.480 e. The van der Waals surface area contributed by atoms with Crippen LogP contribution in [0.4, 0.5) is 0 Å². The number of nitrogens with one attached hydrogen (secondary N) is 1. The molecule has 1 aromatic carbocycles. The summed E-state index contributed by atoms with van der Waals surface area (Å²) in [4.78, 5) is 25.2. The highest BCUT2D eigenvalue weighted by atomic mass is 16.4. The molecule has 0 aliphatic rings. The molecular weight excluding hydrogens is 268 g/mol. The first-order chi connectivity index (χ1) is 9.92. The predicted octanol–water partition coefficient (Wildman–Crippen LogP) is 1.88. The van der Waals surface area contributed by atoms with Gasteiger partial charge in [-0.2, -0.15) is 0 Å². The monoisotopic (exact) mass is 292 g/mol. The molecule has 1 unspecified atom stereocenters. The minimum atomic E-state index is -1.07. The van der Waals surface area contributed by atoms with E-state index in [2.05, 4.69) is 5.32 Å². The molecule has 0 saturated carbocycles. The van der Waals surface area contributed by atoms with Crippen molar-refractivity contribution in [3.05, 3.63) is 35.9 Å². The number of nitrogens with zero attached hydrogens (tertiary/aromatic N) is 1. The number of carboxylic acids is 1. The van der Waals surface area contributed by atoms with Crippen LogP contribution in [0.15, 0.2) is 30.3 Å². The maximum Gasteiger partial charge on any atom is 0.323 e. The Morgan fingerprint density at radius 2 is 1.86 bits per heavy atom. The van der Waals surface area contributed by atoms with Gasteiger partial charge in [0.25, 0.3) is 0 Å². The smallest absolute Gasteiger partial charge is 0.323 e. The first kappa shape index (κ1) is 17.2. The maximum absolute atomic E-state index is 12.2. The van der Waals surface area contributed by atoms with Gasteiger partial charge in [-0.05, 0) is 25.8 Å². The van der Waals surface area contributed by atoms with E-state index < -0.39 is 11.5 Å². The molecule has 0 aliphatic carbocycles. The fraction of sp³-hybridized carbons (Fsp3) is 0.500. The molecular formula is C16H24N2O3. The highest BCUT2D eigenvalue weighted by Crippen LogP contribution is 2.09. The van der Waals surface area contributed by atoms with Gasteiger partial charge in [-0.15, -0.1) is 0 Å². The van der Waals surface area contributed by atoms with Crippen LogP contribution < -0.4 is 5.32 Å². The zero-order valence-corrected chi connectivity index (χ0v) is 12.9. The molecule has 0 aliphatic heterocycles. The van der Waals surface area contributed by atoms with Gasteiger partial charge in [-0.3, -0.25) is 14.9 Å². The fourth-order valence-electron chi connectivity index (χ4n) is 1.91. The van der Waals surface area contributed by atoms with E-state index in [0.29, 0.717) is 19.5 Å². The van der Waals surface area contributed by atoms with Crippen molar-refractivity contribution in [3.8, 4) is 0 Å². The summed E-state index contributed by atoms with van der Waals surface area (Å²) in [6.07, 6.45) is 0.417. The van der Waals surface area contributed by atoms with Crippen molar-refractivity contribution in [1.82, 2.24) is 10.2 Å². The van der Waals surface area contributed by atoms with E-state index in [1.807, 2.05) is 37.3 Å². The number of likely N-dealkylation sites (N-methyl/N-ethyl adjacent to an activating group) is 1. The first-order valence-electron chi connectivity index (χ1n) is 7.23. The molecule has 21 heavy (non-hydrogen) atoms. The Hall–Kier alpha value is -1.88. The summed E-state index contributed by atoms with van der Waals surface area (Å²) in [5, 5.41) is 12.0. The van der Waals surface area contributed by atoms with Crippen molar-refractivity contribution in [2.24, 2.45) is 0 Å². The number of carbonyl (C=O) groups is 2. The van der Waals surface area contributed by atoms with Crippen LogP contribution >= 0.6 is 0 Å². The van der Waals surface area contributed by atoms with Crippen molar-refractivity contribution >= 4 is 11.9 Å². The van der Waals surface area contributed by atoms with Crippen LogP contribution in [0.25, 0.3) is 0 Å². The second-order valence-corrected chi connectivity index (χ2v) is 5.24. The molecule has 116 valence electrons. The van der Waals surface area contributed by atoms with Gasteiger partial charge in [0.05, 0.1) is 6.54 Å². The first-order valence-corrected chi connectivity index (χ1v) is 7.23. The normalized spacial score (nSPS) is 13.5. The van der Waals surface area contributed by atoms with Crippen molar-refractivity contribution in [2.75, 3.05) is 13.1 Å². The Morgan fingerprint density at radius 3 is 2.33 bits per heavy atom. The molecule has 5 heteroatoms. The summed E-state index contributed by atoms with van der Waals surface area (Å²) >= 11 is 0. The number of benzene rings is 1. The lowest BCUT2D eigenvalue weighted by molar-refractivity contribution is -0.144. The van der Waals surface area contributed by atoms with Gasteiger partial charge >= 0.3 is 5.97 Å². The van der Waals surface area contributed by atoms with Gasteiger partial charge in [-0.25, -0.2) is 0 Å². The van der Waals surface area contributed by atoms with Crippen molar-refractivity contribution < 1.29 is 14.7 Å². The number of hydrogen-bond donors (Lipinski definition) is 2. The van der Waals surface area contributed by atoms with E-state index in [-0.39, 0.29) is 12.5 Å². The van der Waals surface area contributed by atoms with E-state index >= 15 is 0 Å². The summed E-state index contributed by atoms with van der Waals surface area (Å²) < 4.78 is 0. The van der Waals surface area contributed by atoms with E-state index in [0.717, 1.165) is 5.56 Å². The molecule has 0 bridgehead atoms. The molecule has 1 rings (SSSR count). The zero-order valence-electron chi connectivity index (χ0n) is 12.9. The van der Waals surface area contributed by atoms with Gasteiger partial charge in [0, 0.05) is 13.1 Å². The van der Waals surface area contributed by atoms with Gasteiger partial charge in [0.15, 0.2) is 0 Å². The third-order valence-corrected chi connectivity index (χ3v) is 3.76. The molecule has 5 nitrogen and oxygen atoms in total. The highest BCUT2D eigenvalue weighted by molar-refractivity contribution is 5.82. The van der Waals surface area contributed by atoms with Gasteiger partial charge in [-0.1, -0.05) is 37.3 Å². The van der Waals surface area contributed by atoms with Gasteiger partial charge < -0.3 is 10.0 Å². The van der Waals surface area contributed by atoms with Crippen LogP contribution in [0.3, 0.4) is 0 Å². The third-order valence-electron chi connectivity index (χ3n) is 3.76. The largest absolute Gasteiger partial charge is 0.480 e. The van der Waals surface area contributed by atoms with Crippen LogP contribution in [-0.4, -0.2) is 40.5 Å². The molecule has 0 fully saturated rings. The number of rotatable bonds is 8. The van der Waals surface area contributed by atoms with Crippen molar-refractivity contribution in [1.29, 1.82) is 0 Å². The SMILES string of the molecule is CCN(Cc1ccccc1)C(=O)CNC(C)(CC)C(=O)O. The Balaban J connectivity index is 2.62. The lowest BCUT2D eigenvalue weighted by atomic mass is 9.99. The number of aliphatic carboxylic acids is 1. The van der Waals surface area contributed by atoms with Crippen molar-refractivity contribution in [3.63, 3.8) is 0 Å². The molecule has 0 radical (unpaired) electrons. The number of amides is 1. The van der Waals surface area contributed by atoms with Crippen LogP contribution in [-0.2, 0) is 16.1 Å². The summed E-state index contributed by atoms with van der Waals surface area (Å²) in [6.45, 7) is 6.44. The van der Waals surface area contributed by atoms with E-state index in [1.54, 1.807) is 18.7 Å². The molecule has 0 spiro atoms. The predicted molar refractivity (Wildman–Crippen MR) is 81.9 cm³/mol. The molecule has 2 N–H and O–H groups in total. The summed E-state index contributed by atoms with van der Waals surface area (Å²) in [5.74, 6) is -1.04. The van der Waals surface area contributed by atoms with Crippen LogP contribution in [0.2, 0.25) is 0 Å². The molecule has 0 aromatic heterocycles. The Labute approximate surface area is 126 Å². The summed E-state index contributed by atoms with van der Waals surface area (Å²) in [6, 6.07) is 9.74. The Kier molecular flexibility index (Phi) is 6.37. The Bertz CT molecular complexity index is 476. The summed E-state index contributed by atoms with van der Waals surface area (Å²) in [7, 11) is 0. The molecule has 0 heterocycles. The average molecular weight is 292 g/mol. The van der Waals surface area contributed by atoms with E-state index in [4.69, 9.17) is 0 Å². The lowest BCUT2D eigenvalue weighted by Crippen LogP contribution is -2.52. The quantitative estimate of drug-likeness (QED) is 0.767. The number of carboxylic acid groups (broad SMARTS) is 1. The third kappa shape index (κ3) is 4.86. The standard InChI is InChI=1S/C16H24N2O3/c1-4-16(3,15(20)21)17-11-14(19)18(5-2)12-13-9-7-6-8-10-13/h6-10,17H,4-5,11-12H2,1-3H3,(H,20,21). The van der Waals surface area contributed by atoms with Crippen LogP contribution in [0, 0.1) is 0 Å². The van der Waals surface area contributed by atoms with Crippen LogP contribution in [0.1, 0.15) is 32.8 Å². The fourth-order valence-corrected chi connectivity index (χ4v) is 1.91. The lowest BCUT2D eigenvalue weighted by Gasteiger charge is -2.27. The summed E-state index contributed by atoms with van der Waals surface area (Å²) in [5.41, 5.74) is -0.00821. The number of carbonyl (C=O) groups excluding carboxylic acids is 1. The second kappa shape index (κ2) is 7.78. The highest BCUT2D eigenvalue weighted by Gasteiger charge is 2.31. The maximum atomic E-state index is 12.2.